The summed E-state index contributed by atoms with van der Waals surface area (Å²) in [4.78, 5) is 39.4. The summed E-state index contributed by atoms with van der Waals surface area (Å²) in [6, 6.07) is 25.3. The zero-order chi connectivity index (χ0) is 30.1. The predicted octanol–water partition coefficient (Wildman–Crippen LogP) is 7.80. The molecule has 4 aromatic carbocycles. The van der Waals surface area contributed by atoms with Crippen molar-refractivity contribution in [2.75, 3.05) is 23.5 Å². The molecule has 4 aromatic rings. The van der Waals surface area contributed by atoms with Crippen LogP contribution in [0.1, 0.15) is 15.9 Å². The molecule has 3 N–H and O–H groups in total. The Morgan fingerprint density at radius 3 is 2.21 bits per heavy atom. The van der Waals surface area contributed by atoms with Gasteiger partial charge in [-0.15, -0.1) is 11.8 Å². The van der Waals surface area contributed by atoms with Crippen LogP contribution in [0.25, 0.3) is 6.08 Å². The molecule has 4 rings (SSSR count). The van der Waals surface area contributed by atoms with Gasteiger partial charge in [0, 0.05) is 31.2 Å². The van der Waals surface area contributed by atoms with E-state index in [1.165, 1.54) is 24.9 Å². The topological polar surface area (TPSA) is 96.5 Å². The average molecular weight is 641 g/mol. The molecule has 0 aliphatic carbocycles. The summed E-state index contributed by atoms with van der Waals surface area (Å²) in [5.74, 6) is -0.600. The van der Waals surface area contributed by atoms with E-state index in [4.69, 9.17) is 39.5 Å². The molecule has 0 radical (unpaired) electrons. The van der Waals surface area contributed by atoms with Crippen molar-refractivity contribution in [1.29, 1.82) is 0 Å². The first-order valence-corrected chi connectivity index (χ1v) is 14.5. The van der Waals surface area contributed by atoms with Crippen molar-refractivity contribution >= 4 is 81.7 Å². The fraction of sp³-hybridized carbons (Fsp3) is 0.0645. The minimum absolute atomic E-state index is 0.0142. The lowest BCUT2D eigenvalue weighted by molar-refractivity contribution is -0.114. The number of anilines is 2. The van der Waals surface area contributed by atoms with Crippen LogP contribution in [0.2, 0.25) is 15.1 Å². The van der Waals surface area contributed by atoms with Crippen LogP contribution >= 0.6 is 46.6 Å². The third-order valence-electron chi connectivity index (χ3n) is 5.71. The number of nitrogens with one attached hydrogen (secondary N) is 3. The second-order valence-electron chi connectivity index (χ2n) is 8.70. The van der Waals surface area contributed by atoms with Crippen molar-refractivity contribution in [2.24, 2.45) is 0 Å². The number of carbonyl (C=O) groups is 3. The summed E-state index contributed by atoms with van der Waals surface area (Å²) < 4.78 is 5.26. The van der Waals surface area contributed by atoms with Crippen molar-refractivity contribution in [3.63, 3.8) is 0 Å². The van der Waals surface area contributed by atoms with Crippen molar-refractivity contribution < 1.29 is 19.1 Å². The van der Waals surface area contributed by atoms with Crippen LogP contribution in [-0.4, -0.2) is 30.6 Å². The number of halogens is 3. The summed E-state index contributed by atoms with van der Waals surface area (Å²) in [7, 11) is 1.51. The van der Waals surface area contributed by atoms with Crippen molar-refractivity contribution in [3.05, 3.63) is 123 Å². The van der Waals surface area contributed by atoms with Crippen molar-refractivity contribution in [2.45, 2.75) is 4.90 Å². The molecule has 0 saturated carbocycles. The Balaban J connectivity index is 1.42. The molecule has 0 spiro atoms. The monoisotopic (exact) mass is 639 g/mol. The molecule has 7 nitrogen and oxygen atoms in total. The van der Waals surface area contributed by atoms with E-state index in [0.717, 1.165) is 4.90 Å². The highest BCUT2D eigenvalue weighted by atomic mass is 35.5. The van der Waals surface area contributed by atoms with Crippen LogP contribution in [0.3, 0.4) is 0 Å². The Kier molecular flexibility index (Phi) is 10.9. The number of carbonyl (C=O) groups excluding carboxylic acids is 3. The second kappa shape index (κ2) is 14.8. The van der Waals surface area contributed by atoms with Crippen LogP contribution in [0.15, 0.2) is 102 Å². The van der Waals surface area contributed by atoms with E-state index >= 15 is 0 Å². The van der Waals surface area contributed by atoms with Crippen LogP contribution < -0.4 is 20.7 Å². The van der Waals surface area contributed by atoms with E-state index in [-0.39, 0.29) is 17.4 Å². The SMILES string of the molecule is COc1ccc(Cl)cc1NC(=O)CSc1ccc(NC(=O)/C(=C/c2ccc(Cl)cc2Cl)NC(=O)c2ccccc2)cc1. The first-order chi connectivity index (χ1) is 20.2. The first kappa shape index (κ1) is 31.0. The molecular weight excluding hydrogens is 617 g/mol. The van der Waals surface area contributed by atoms with Crippen molar-refractivity contribution in [3.8, 4) is 5.75 Å². The summed E-state index contributed by atoms with van der Waals surface area (Å²) >= 11 is 19.7. The van der Waals surface area contributed by atoms with Crippen LogP contribution in [0.5, 0.6) is 5.75 Å². The molecule has 0 bridgehead atoms. The predicted molar refractivity (Wildman–Crippen MR) is 171 cm³/mol. The normalized spacial score (nSPS) is 11.0. The van der Waals surface area contributed by atoms with Gasteiger partial charge in [0.2, 0.25) is 5.91 Å². The van der Waals surface area contributed by atoms with Gasteiger partial charge in [0.15, 0.2) is 0 Å². The van der Waals surface area contributed by atoms with Gasteiger partial charge in [-0.2, -0.15) is 0 Å². The maximum absolute atomic E-state index is 13.3. The maximum Gasteiger partial charge on any atom is 0.272 e. The molecule has 0 aliphatic rings. The average Bonchev–Trinajstić information content (AvgIpc) is 2.98. The van der Waals surface area contributed by atoms with Gasteiger partial charge in [-0.25, -0.2) is 0 Å². The highest BCUT2D eigenvalue weighted by Gasteiger charge is 2.16. The standard InChI is InChI=1S/C31H24Cl3N3O4S/c1-41-28-14-9-22(33)17-26(28)36-29(38)18-42-24-12-10-23(11-13-24)35-31(40)27(15-20-7-8-21(32)16-25(20)34)37-30(39)19-5-3-2-4-6-19/h2-17H,18H2,1H3,(H,35,40)(H,36,38)(H,37,39)/b27-15-. The Labute approximate surface area is 262 Å². The van der Waals surface area contributed by atoms with E-state index in [2.05, 4.69) is 16.0 Å². The van der Waals surface area contributed by atoms with Gasteiger partial charge in [0.1, 0.15) is 11.4 Å². The zero-order valence-electron chi connectivity index (χ0n) is 22.1. The lowest BCUT2D eigenvalue weighted by Crippen LogP contribution is -2.30. The third-order valence-corrected chi connectivity index (χ3v) is 7.52. The molecule has 214 valence electrons. The Morgan fingerprint density at radius 2 is 1.52 bits per heavy atom. The Bertz CT molecular complexity index is 1630. The largest absolute Gasteiger partial charge is 0.495 e. The van der Waals surface area contributed by atoms with Gasteiger partial charge in [0.05, 0.1) is 18.6 Å². The smallest absolute Gasteiger partial charge is 0.272 e. The third kappa shape index (κ3) is 8.77. The fourth-order valence-electron chi connectivity index (χ4n) is 3.66. The maximum atomic E-state index is 13.3. The van der Waals surface area contributed by atoms with Gasteiger partial charge >= 0.3 is 0 Å². The van der Waals surface area contributed by atoms with Gasteiger partial charge in [0.25, 0.3) is 11.8 Å². The molecule has 0 fully saturated rings. The minimum atomic E-state index is -0.555. The number of methoxy groups -OCH3 is 1. The van der Waals surface area contributed by atoms with E-state index < -0.39 is 11.8 Å². The van der Waals surface area contributed by atoms with E-state index in [1.807, 2.05) is 0 Å². The van der Waals surface area contributed by atoms with Crippen LogP contribution in [0.4, 0.5) is 11.4 Å². The molecule has 0 aliphatic heterocycles. The highest BCUT2D eigenvalue weighted by Crippen LogP contribution is 2.29. The number of benzene rings is 4. The fourth-order valence-corrected chi connectivity index (χ4v) is 5.00. The number of hydrogen-bond acceptors (Lipinski definition) is 5. The van der Waals surface area contributed by atoms with Gasteiger partial charge in [-0.05, 0) is 78.4 Å². The summed E-state index contributed by atoms with van der Waals surface area (Å²) in [5.41, 5.74) is 1.84. The molecule has 0 heterocycles. The quantitative estimate of drug-likeness (QED) is 0.121. The lowest BCUT2D eigenvalue weighted by Gasteiger charge is -2.12. The highest BCUT2D eigenvalue weighted by molar-refractivity contribution is 8.00. The van der Waals surface area contributed by atoms with Crippen LogP contribution in [0, 0.1) is 0 Å². The van der Waals surface area contributed by atoms with Gasteiger partial charge in [-0.3, -0.25) is 14.4 Å². The van der Waals surface area contributed by atoms with E-state index in [1.54, 1.807) is 91.0 Å². The molecule has 11 heteroatoms. The molecule has 42 heavy (non-hydrogen) atoms. The van der Waals surface area contributed by atoms with E-state index in [0.29, 0.717) is 43.3 Å². The number of thioether (sulfide) groups is 1. The molecule has 0 aromatic heterocycles. The minimum Gasteiger partial charge on any atom is -0.495 e. The molecule has 0 unspecified atom stereocenters. The van der Waals surface area contributed by atoms with Crippen LogP contribution in [-0.2, 0) is 9.59 Å². The molecule has 3 amide bonds. The first-order valence-electron chi connectivity index (χ1n) is 12.4. The van der Waals surface area contributed by atoms with Gasteiger partial charge < -0.3 is 20.7 Å². The molecule has 0 atom stereocenters. The van der Waals surface area contributed by atoms with Crippen molar-refractivity contribution in [1.82, 2.24) is 5.32 Å². The molecular formula is C31H24Cl3N3O4S. The summed E-state index contributed by atoms with van der Waals surface area (Å²) in [6.45, 7) is 0. The zero-order valence-corrected chi connectivity index (χ0v) is 25.2. The number of amides is 3. The Hall–Kier alpha value is -3.95. The number of rotatable bonds is 10. The molecule has 0 saturated heterocycles. The van der Waals surface area contributed by atoms with E-state index in [9.17, 15) is 14.4 Å². The number of ether oxygens (including phenoxy) is 1. The van der Waals surface area contributed by atoms with Gasteiger partial charge in [-0.1, -0.05) is 59.1 Å². The summed E-state index contributed by atoms with van der Waals surface area (Å²) in [5, 5.41) is 9.49. The summed E-state index contributed by atoms with van der Waals surface area (Å²) in [6.07, 6.45) is 1.48. The Morgan fingerprint density at radius 1 is 0.833 bits per heavy atom. The second-order valence-corrected chi connectivity index (χ2v) is 11.0. The lowest BCUT2D eigenvalue weighted by atomic mass is 10.1. The number of hydrogen-bond donors (Lipinski definition) is 3.